The molecule has 0 saturated heterocycles. The van der Waals surface area contributed by atoms with Gasteiger partial charge in [0.05, 0.1) is 0 Å². The molecule has 0 fully saturated rings. The van der Waals surface area contributed by atoms with Gasteiger partial charge >= 0.3 is 100 Å². The zero-order valence-electron chi connectivity index (χ0n) is 9.12. The minimum absolute atomic E-state index is 0.137. The molecule has 0 heterocycles. The molecule has 0 aliphatic heterocycles. The fourth-order valence-electron chi connectivity index (χ4n) is 1.44. The van der Waals surface area contributed by atoms with E-state index in [1.165, 1.54) is 18.9 Å². The first-order valence-corrected chi connectivity index (χ1v) is 6.70. The molecule has 0 spiro atoms. The first kappa shape index (κ1) is 10.7. The zero-order valence-corrected chi connectivity index (χ0v) is 10.7. The van der Waals surface area contributed by atoms with Crippen LogP contribution in [0.2, 0.25) is 0 Å². The molecule has 1 heteroatoms. The first-order valence-electron chi connectivity index (χ1n) is 5.14. The third kappa shape index (κ3) is 3.05. The van der Waals surface area contributed by atoms with Gasteiger partial charge in [-0.2, -0.15) is 0 Å². The molecule has 0 nitrogen and oxygen atoms in total. The molecule has 0 saturated carbocycles. The fraction of sp³-hybridized carbons (Fsp3) is 0.143. The standard InChI is InChI=1S/2C7H7.Ti/c2*1-7-5-3-2-4-6-7;/h2*3-6H,1H3;. The molecule has 2 rings (SSSR count). The molecule has 0 bridgehead atoms. The van der Waals surface area contributed by atoms with Crippen LogP contribution in [-0.2, 0) is 19.2 Å². The molecule has 0 aromatic heterocycles. The van der Waals surface area contributed by atoms with E-state index in [1.807, 2.05) is 0 Å². The van der Waals surface area contributed by atoms with Gasteiger partial charge in [0.2, 0.25) is 0 Å². The normalized spacial score (nSPS) is 10.0. The summed E-state index contributed by atoms with van der Waals surface area (Å²) < 4.78 is 3.01. The second-order valence-electron chi connectivity index (χ2n) is 3.86. The summed E-state index contributed by atoms with van der Waals surface area (Å²) >= 11 is -0.137. The summed E-state index contributed by atoms with van der Waals surface area (Å²) in [5.41, 5.74) is 2.68. The maximum atomic E-state index is 2.26. The molecular weight excluding hydrogens is 216 g/mol. The molecule has 0 aliphatic rings. The van der Waals surface area contributed by atoms with Gasteiger partial charge in [-0.1, -0.05) is 0 Å². The molecule has 15 heavy (non-hydrogen) atoms. The van der Waals surface area contributed by atoms with E-state index in [2.05, 4.69) is 62.4 Å². The average Bonchev–Trinajstić information content (AvgIpc) is 2.25. The number of benzene rings is 2. The van der Waals surface area contributed by atoms with Crippen molar-refractivity contribution in [3.63, 3.8) is 0 Å². The van der Waals surface area contributed by atoms with Crippen LogP contribution in [0.15, 0.2) is 48.5 Å². The number of aryl methyl sites for hydroxylation is 2. The molecule has 0 aliphatic carbocycles. The van der Waals surface area contributed by atoms with Gasteiger partial charge in [0, 0.05) is 0 Å². The maximum absolute atomic E-state index is 2.26. The Morgan fingerprint density at radius 1 is 0.600 bits per heavy atom. The van der Waals surface area contributed by atoms with Crippen LogP contribution in [-0.4, -0.2) is 0 Å². The van der Waals surface area contributed by atoms with E-state index < -0.39 is 0 Å². The second kappa shape index (κ2) is 4.78. The molecule has 74 valence electrons. The fourth-order valence-corrected chi connectivity index (χ4v) is 3.00. The van der Waals surface area contributed by atoms with Gasteiger partial charge in [0.1, 0.15) is 0 Å². The SMILES string of the molecule is Cc1cc[c]([Ti][c]2ccc(C)cc2)cc1. The summed E-state index contributed by atoms with van der Waals surface area (Å²) in [5, 5.41) is 0. The van der Waals surface area contributed by atoms with Crippen molar-refractivity contribution in [3.8, 4) is 0 Å². The third-order valence-corrected chi connectivity index (χ3v) is 4.33. The molecule has 0 atom stereocenters. The van der Waals surface area contributed by atoms with Crippen molar-refractivity contribution < 1.29 is 19.2 Å². The molecule has 0 amide bonds. The van der Waals surface area contributed by atoms with Crippen LogP contribution in [0.25, 0.3) is 0 Å². The van der Waals surface area contributed by atoms with E-state index in [0.717, 1.165) is 0 Å². The molecule has 2 aromatic rings. The van der Waals surface area contributed by atoms with Gasteiger partial charge in [0.15, 0.2) is 0 Å². The van der Waals surface area contributed by atoms with Crippen LogP contribution in [0.4, 0.5) is 0 Å². The summed E-state index contributed by atoms with van der Waals surface area (Å²) in [4.78, 5) is 0. The van der Waals surface area contributed by atoms with Crippen molar-refractivity contribution in [2.24, 2.45) is 0 Å². The Labute approximate surface area is 100 Å². The third-order valence-electron chi connectivity index (χ3n) is 2.39. The summed E-state index contributed by atoms with van der Waals surface area (Å²) in [6, 6.07) is 17.8. The minimum atomic E-state index is -0.137. The molecule has 0 radical (unpaired) electrons. The first-order chi connectivity index (χ1) is 7.24. The zero-order chi connectivity index (χ0) is 10.7. The van der Waals surface area contributed by atoms with Crippen molar-refractivity contribution in [1.82, 2.24) is 0 Å². The Morgan fingerprint density at radius 3 is 1.27 bits per heavy atom. The Kier molecular flexibility index (Phi) is 3.40. The number of hydrogen-bond donors (Lipinski definition) is 0. The summed E-state index contributed by atoms with van der Waals surface area (Å²) in [6.07, 6.45) is 0. The Morgan fingerprint density at radius 2 is 0.933 bits per heavy atom. The monoisotopic (exact) mass is 230 g/mol. The van der Waals surface area contributed by atoms with Crippen molar-refractivity contribution in [1.29, 1.82) is 0 Å². The predicted octanol–water partition coefficient (Wildman–Crippen LogP) is 2.34. The molecule has 0 N–H and O–H groups in total. The Balaban J connectivity index is 2.15. The van der Waals surface area contributed by atoms with E-state index in [1.54, 1.807) is 0 Å². The Bertz CT molecular complexity index is 382. The topological polar surface area (TPSA) is 0 Å². The summed E-state index contributed by atoms with van der Waals surface area (Å²) in [5.74, 6) is 0. The van der Waals surface area contributed by atoms with E-state index in [0.29, 0.717) is 0 Å². The molecule has 2 aromatic carbocycles. The van der Waals surface area contributed by atoms with Crippen molar-refractivity contribution >= 4 is 7.74 Å². The van der Waals surface area contributed by atoms with Gasteiger partial charge in [0.25, 0.3) is 0 Å². The second-order valence-corrected chi connectivity index (χ2v) is 6.05. The number of hydrogen-bond acceptors (Lipinski definition) is 0. The van der Waals surface area contributed by atoms with Crippen LogP contribution >= 0.6 is 0 Å². The predicted molar refractivity (Wildman–Crippen MR) is 61.6 cm³/mol. The van der Waals surface area contributed by atoms with E-state index >= 15 is 0 Å². The van der Waals surface area contributed by atoms with Gasteiger partial charge in [-0.3, -0.25) is 0 Å². The van der Waals surface area contributed by atoms with Crippen molar-refractivity contribution in [2.45, 2.75) is 13.8 Å². The van der Waals surface area contributed by atoms with Gasteiger partial charge in [-0.15, -0.1) is 0 Å². The van der Waals surface area contributed by atoms with Gasteiger partial charge in [-0.05, 0) is 0 Å². The van der Waals surface area contributed by atoms with Gasteiger partial charge < -0.3 is 0 Å². The van der Waals surface area contributed by atoms with Gasteiger partial charge in [-0.25, -0.2) is 0 Å². The summed E-state index contributed by atoms with van der Waals surface area (Å²) in [6.45, 7) is 4.27. The quantitative estimate of drug-likeness (QED) is 0.694. The van der Waals surface area contributed by atoms with Crippen molar-refractivity contribution in [2.75, 3.05) is 0 Å². The number of rotatable bonds is 2. The van der Waals surface area contributed by atoms with E-state index in [4.69, 9.17) is 0 Å². The van der Waals surface area contributed by atoms with E-state index in [9.17, 15) is 0 Å². The van der Waals surface area contributed by atoms with Crippen molar-refractivity contribution in [3.05, 3.63) is 59.7 Å². The van der Waals surface area contributed by atoms with Crippen LogP contribution in [0.1, 0.15) is 11.1 Å². The van der Waals surface area contributed by atoms with Crippen LogP contribution in [0.3, 0.4) is 0 Å². The van der Waals surface area contributed by atoms with Crippen LogP contribution in [0.5, 0.6) is 0 Å². The van der Waals surface area contributed by atoms with E-state index in [-0.39, 0.29) is 19.2 Å². The van der Waals surface area contributed by atoms with Crippen LogP contribution < -0.4 is 7.74 Å². The van der Waals surface area contributed by atoms with Crippen LogP contribution in [0, 0.1) is 13.8 Å². The molecule has 0 unspecified atom stereocenters. The average molecular weight is 230 g/mol. The molecular formula is C14H14Ti. The summed E-state index contributed by atoms with van der Waals surface area (Å²) in [7, 11) is 0. The Hall–Kier alpha value is -0.846.